The van der Waals surface area contributed by atoms with Gasteiger partial charge in [0.15, 0.2) is 0 Å². The van der Waals surface area contributed by atoms with Crippen molar-refractivity contribution in [2.24, 2.45) is 11.7 Å². The van der Waals surface area contributed by atoms with E-state index in [-0.39, 0.29) is 29.3 Å². The standard InChI is InChI=1S/C20H33N3O3S.ClH/c1-4-12-23(13-5-2)27(25,26)19-8-6-18(7-9-19)20(24)22-14-10-17(11-15-22)16(3)21;/h6-9,16-17H,4-5,10-15,21H2,1-3H3;1H. The summed E-state index contributed by atoms with van der Waals surface area (Å²) < 4.78 is 27.1. The Morgan fingerprint density at radius 3 is 2.07 bits per heavy atom. The van der Waals surface area contributed by atoms with E-state index in [9.17, 15) is 13.2 Å². The van der Waals surface area contributed by atoms with Crippen LogP contribution in [-0.4, -0.2) is 55.8 Å². The maximum Gasteiger partial charge on any atom is 0.253 e. The smallest absolute Gasteiger partial charge is 0.253 e. The first-order valence-corrected chi connectivity index (χ1v) is 11.4. The molecular formula is C20H34ClN3O3S. The Morgan fingerprint density at radius 2 is 1.64 bits per heavy atom. The molecular weight excluding hydrogens is 398 g/mol. The van der Waals surface area contributed by atoms with E-state index in [2.05, 4.69) is 0 Å². The molecule has 1 aromatic rings. The van der Waals surface area contributed by atoms with Gasteiger partial charge in [0.2, 0.25) is 10.0 Å². The summed E-state index contributed by atoms with van der Waals surface area (Å²) in [4.78, 5) is 14.8. The molecule has 1 saturated heterocycles. The molecule has 2 N–H and O–H groups in total. The topological polar surface area (TPSA) is 83.7 Å². The zero-order chi connectivity index (χ0) is 20.0. The number of sulfonamides is 1. The number of hydrogen-bond acceptors (Lipinski definition) is 4. The first-order chi connectivity index (χ1) is 12.8. The van der Waals surface area contributed by atoms with Gasteiger partial charge in [0.05, 0.1) is 4.90 Å². The van der Waals surface area contributed by atoms with E-state index in [1.54, 1.807) is 24.3 Å². The summed E-state index contributed by atoms with van der Waals surface area (Å²) in [6, 6.07) is 6.51. The van der Waals surface area contributed by atoms with Crippen molar-refractivity contribution in [1.82, 2.24) is 9.21 Å². The van der Waals surface area contributed by atoms with Gasteiger partial charge in [0, 0.05) is 37.8 Å². The lowest BCUT2D eigenvalue weighted by molar-refractivity contribution is 0.0681. The molecule has 1 unspecified atom stereocenters. The SMILES string of the molecule is CCCN(CCC)S(=O)(=O)c1ccc(C(=O)N2CCC(C(C)N)CC2)cc1.Cl. The van der Waals surface area contributed by atoms with E-state index in [1.165, 1.54) is 4.31 Å². The molecule has 1 heterocycles. The van der Waals surface area contributed by atoms with Crippen molar-refractivity contribution in [2.75, 3.05) is 26.2 Å². The number of halogens is 1. The molecule has 1 atom stereocenters. The van der Waals surface area contributed by atoms with Crippen LogP contribution in [-0.2, 0) is 10.0 Å². The van der Waals surface area contributed by atoms with Gasteiger partial charge in [0.25, 0.3) is 5.91 Å². The average molecular weight is 432 g/mol. The first kappa shape index (κ1) is 24.9. The largest absolute Gasteiger partial charge is 0.339 e. The Hall–Kier alpha value is -1.15. The van der Waals surface area contributed by atoms with Crippen molar-refractivity contribution in [3.8, 4) is 0 Å². The number of nitrogens with two attached hydrogens (primary N) is 1. The van der Waals surface area contributed by atoms with Crippen LogP contribution in [0.3, 0.4) is 0 Å². The molecule has 0 spiro atoms. The van der Waals surface area contributed by atoms with Crippen molar-refractivity contribution >= 4 is 28.3 Å². The third-order valence-electron chi connectivity index (χ3n) is 5.26. The minimum atomic E-state index is -3.51. The van der Waals surface area contributed by atoms with Crippen LogP contribution in [0, 0.1) is 5.92 Å². The van der Waals surface area contributed by atoms with Crippen LogP contribution < -0.4 is 5.73 Å². The molecule has 0 saturated carbocycles. The lowest BCUT2D eigenvalue weighted by Crippen LogP contribution is -2.42. The predicted molar refractivity (Wildman–Crippen MR) is 115 cm³/mol. The number of carbonyl (C=O) groups is 1. The van der Waals surface area contributed by atoms with E-state index in [0.29, 0.717) is 37.7 Å². The molecule has 0 radical (unpaired) electrons. The van der Waals surface area contributed by atoms with Gasteiger partial charge in [-0.05, 0) is 62.8 Å². The summed E-state index contributed by atoms with van der Waals surface area (Å²) in [6.45, 7) is 8.36. The number of likely N-dealkylation sites (tertiary alicyclic amines) is 1. The summed E-state index contributed by atoms with van der Waals surface area (Å²) in [6.07, 6.45) is 3.37. The second kappa shape index (κ2) is 11.1. The second-order valence-corrected chi connectivity index (χ2v) is 9.36. The molecule has 0 aliphatic carbocycles. The van der Waals surface area contributed by atoms with Gasteiger partial charge in [-0.1, -0.05) is 13.8 Å². The van der Waals surface area contributed by atoms with Gasteiger partial charge in [-0.3, -0.25) is 4.79 Å². The van der Waals surface area contributed by atoms with Gasteiger partial charge in [0.1, 0.15) is 0 Å². The quantitative estimate of drug-likeness (QED) is 0.685. The highest BCUT2D eigenvalue weighted by Crippen LogP contribution is 2.22. The maximum atomic E-state index is 12.8. The summed E-state index contributed by atoms with van der Waals surface area (Å²) in [5, 5.41) is 0. The van der Waals surface area contributed by atoms with Crippen molar-refractivity contribution in [3.05, 3.63) is 29.8 Å². The van der Waals surface area contributed by atoms with Crippen LogP contribution in [0.5, 0.6) is 0 Å². The van der Waals surface area contributed by atoms with E-state index < -0.39 is 10.0 Å². The van der Waals surface area contributed by atoms with E-state index in [0.717, 1.165) is 25.7 Å². The van der Waals surface area contributed by atoms with Crippen molar-refractivity contribution in [2.45, 2.75) is 57.4 Å². The Bertz CT molecular complexity index is 709. The molecule has 1 aromatic carbocycles. The Morgan fingerprint density at radius 1 is 1.14 bits per heavy atom. The van der Waals surface area contributed by atoms with Crippen LogP contribution in [0.1, 0.15) is 56.8 Å². The number of carbonyl (C=O) groups excluding carboxylic acids is 1. The first-order valence-electron chi connectivity index (χ1n) is 9.96. The molecule has 160 valence electrons. The minimum absolute atomic E-state index is 0. The molecule has 1 aliphatic rings. The molecule has 2 rings (SSSR count). The third kappa shape index (κ3) is 5.92. The van der Waals surface area contributed by atoms with Crippen LogP contribution in [0.2, 0.25) is 0 Å². The average Bonchev–Trinajstić information content (AvgIpc) is 2.67. The fourth-order valence-corrected chi connectivity index (χ4v) is 5.20. The highest BCUT2D eigenvalue weighted by Gasteiger charge is 2.27. The van der Waals surface area contributed by atoms with Gasteiger partial charge in [-0.25, -0.2) is 8.42 Å². The zero-order valence-corrected chi connectivity index (χ0v) is 18.8. The van der Waals surface area contributed by atoms with Gasteiger partial charge < -0.3 is 10.6 Å². The van der Waals surface area contributed by atoms with E-state index >= 15 is 0 Å². The lowest BCUT2D eigenvalue weighted by atomic mass is 9.90. The number of piperidine rings is 1. The summed E-state index contributed by atoms with van der Waals surface area (Å²) in [5.41, 5.74) is 6.49. The predicted octanol–water partition coefficient (Wildman–Crippen LogP) is 3.12. The molecule has 8 heteroatoms. The summed E-state index contributed by atoms with van der Waals surface area (Å²) in [5.74, 6) is 0.422. The van der Waals surface area contributed by atoms with Crippen LogP contribution in [0.15, 0.2) is 29.2 Å². The number of nitrogens with zero attached hydrogens (tertiary/aromatic N) is 2. The molecule has 0 aromatic heterocycles. The molecule has 6 nitrogen and oxygen atoms in total. The monoisotopic (exact) mass is 431 g/mol. The van der Waals surface area contributed by atoms with E-state index in [1.807, 2.05) is 25.7 Å². The van der Waals surface area contributed by atoms with E-state index in [4.69, 9.17) is 5.73 Å². The number of benzene rings is 1. The Kier molecular flexibility index (Phi) is 9.90. The normalized spacial score (nSPS) is 16.7. The second-order valence-electron chi connectivity index (χ2n) is 7.42. The number of hydrogen-bond donors (Lipinski definition) is 1. The maximum absolute atomic E-state index is 12.8. The fraction of sp³-hybridized carbons (Fsp3) is 0.650. The molecule has 0 bridgehead atoms. The van der Waals surface area contributed by atoms with Gasteiger partial charge in [-0.15, -0.1) is 12.4 Å². The van der Waals surface area contributed by atoms with Crippen molar-refractivity contribution < 1.29 is 13.2 Å². The highest BCUT2D eigenvalue weighted by atomic mass is 35.5. The molecule has 1 aliphatic heterocycles. The molecule has 1 fully saturated rings. The zero-order valence-electron chi connectivity index (χ0n) is 17.1. The molecule has 1 amide bonds. The van der Waals surface area contributed by atoms with Crippen LogP contribution in [0.4, 0.5) is 0 Å². The number of amides is 1. The molecule has 28 heavy (non-hydrogen) atoms. The Balaban J connectivity index is 0.00000392. The lowest BCUT2D eigenvalue weighted by Gasteiger charge is -2.33. The van der Waals surface area contributed by atoms with Crippen molar-refractivity contribution in [1.29, 1.82) is 0 Å². The van der Waals surface area contributed by atoms with Gasteiger partial charge in [-0.2, -0.15) is 4.31 Å². The Labute approximate surface area is 175 Å². The fourth-order valence-electron chi connectivity index (χ4n) is 3.58. The third-order valence-corrected chi connectivity index (χ3v) is 7.17. The van der Waals surface area contributed by atoms with Crippen LogP contribution in [0.25, 0.3) is 0 Å². The van der Waals surface area contributed by atoms with Crippen LogP contribution >= 0.6 is 12.4 Å². The van der Waals surface area contributed by atoms with Gasteiger partial charge >= 0.3 is 0 Å². The summed E-state index contributed by atoms with van der Waals surface area (Å²) in [7, 11) is -3.51. The number of rotatable bonds is 8. The highest BCUT2D eigenvalue weighted by molar-refractivity contribution is 7.89. The summed E-state index contributed by atoms with van der Waals surface area (Å²) >= 11 is 0. The van der Waals surface area contributed by atoms with Crippen molar-refractivity contribution in [3.63, 3.8) is 0 Å². The minimum Gasteiger partial charge on any atom is -0.339 e.